The number of alkyl halides is 6. The Morgan fingerprint density at radius 2 is 1.70 bits per heavy atom. The van der Waals surface area contributed by atoms with Crippen LogP contribution in [0.4, 0.5) is 26.3 Å². The number of aryl methyl sites for hydroxylation is 2. The van der Waals surface area contributed by atoms with Crippen molar-refractivity contribution in [3.63, 3.8) is 0 Å². The average Bonchev–Trinajstić information content (AvgIpc) is 2.90. The molecule has 0 aromatic heterocycles. The van der Waals surface area contributed by atoms with Crippen LogP contribution < -0.4 is 5.32 Å². The van der Waals surface area contributed by atoms with Crippen LogP contribution in [-0.4, -0.2) is 73.7 Å². The molecular formula is C29H33F6N3O2. The molecule has 2 heterocycles. The Morgan fingerprint density at radius 3 is 2.30 bits per heavy atom. The molecule has 40 heavy (non-hydrogen) atoms. The first-order valence-electron chi connectivity index (χ1n) is 13.2. The highest BCUT2D eigenvalue weighted by molar-refractivity contribution is 5.95. The van der Waals surface area contributed by atoms with E-state index in [9.17, 15) is 31.1 Å². The summed E-state index contributed by atoms with van der Waals surface area (Å²) in [5.74, 6) is -0.845. The molecule has 2 saturated heterocycles. The Morgan fingerprint density at radius 1 is 1.00 bits per heavy atom. The van der Waals surface area contributed by atoms with Gasteiger partial charge in [-0.15, -0.1) is 0 Å². The molecular weight excluding hydrogens is 536 g/mol. The Kier molecular flexibility index (Phi) is 9.26. The highest BCUT2D eigenvalue weighted by Gasteiger charge is 2.39. The van der Waals surface area contributed by atoms with Crippen LogP contribution in [0.15, 0.2) is 48.6 Å². The van der Waals surface area contributed by atoms with Gasteiger partial charge in [0.2, 0.25) is 0 Å². The van der Waals surface area contributed by atoms with E-state index in [-0.39, 0.29) is 18.7 Å². The summed E-state index contributed by atoms with van der Waals surface area (Å²) in [5.41, 5.74) is -0.540. The Labute approximate surface area is 229 Å². The van der Waals surface area contributed by atoms with Crippen molar-refractivity contribution in [3.8, 4) is 0 Å². The van der Waals surface area contributed by atoms with Crippen LogP contribution >= 0.6 is 0 Å². The first-order chi connectivity index (χ1) is 18.8. The standard InChI is InChI=1S/C29H33F6N3O2/c1-19-5-6-21(12-20(19)2)13-25-18-37(8-3-4-26-17-36-7-11-40-26)9-10-38(25)27(39)22-14-23(28(30,31)32)16-24(15-22)29(33,34)35/h3-6,12,14-16,25-26,36H,7-11,13,17-18H2,1-2H3/t25-,26+/m1/s1. The number of halogens is 6. The van der Waals surface area contributed by atoms with E-state index >= 15 is 0 Å². The van der Waals surface area contributed by atoms with E-state index < -0.39 is 41.0 Å². The number of hydrogen-bond donors (Lipinski definition) is 1. The molecule has 1 amide bonds. The van der Waals surface area contributed by atoms with Gasteiger partial charge in [0, 0.05) is 50.9 Å². The van der Waals surface area contributed by atoms with Crippen LogP contribution in [0.25, 0.3) is 0 Å². The topological polar surface area (TPSA) is 44.8 Å². The fourth-order valence-corrected chi connectivity index (χ4v) is 5.05. The summed E-state index contributed by atoms with van der Waals surface area (Å²) in [7, 11) is 0. The summed E-state index contributed by atoms with van der Waals surface area (Å²) in [6, 6.07) is 6.50. The van der Waals surface area contributed by atoms with Crippen molar-refractivity contribution in [3.05, 3.63) is 81.9 Å². The van der Waals surface area contributed by atoms with Gasteiger partial charge in [-0.2, -0.15) is 26.3 Å². The lowest BCUT2D eigenvalue weighted by Gasteiger charge is -2.41. The van der Waals surface area contributed by atoms with Gasteiger partial charge in [-0.25, -0.2) is 0 Å². The van der Waals surface area contributed by atoms with Crippen LogP contribution in [-0.2, 0) is 23.5 Å². The van der Waals surface area contributed by atoms with Crippen molar-refractivity contribution in [1.29, 1.82) is 0 Å². The molecule has 5 nitrogen and oxygen atoms in total. The lowest BCUT2D eigenvalue weighted by molar-refractivity contribution is -0.143. The number of rotatable bonds is 6. The van der Waals surface area contributed by atoms with E-state index in [0.717, 1.165) is 23.2 Å². The largest absolute Gasteiger partial charge is 0.416 e. The zero-order valence-corrected chi connectivity index (χ0v) is 22.4. The second-order valence-corrected chi connectivity index (χ2v) is 10.4. The van der Waals surface area contributed by atoms with Crippen LogP contribution in [0.5, 0.6) is 0 Å². The lowest BCUT2D eigenvalue weighted by atomic mass is 9.97. The Balaban J connectivity index is 1.59. The fraction of sp³-hybridized carbons (Fsp3) is 0.483. The fourth-order valence-electron chi connectivity index (χ4n) is 5.05. The monoisotopic (exact) mass is 569 g/mol. The predicted molar refractivity (Wildman–Crippen MR) is 139 cm³/mol. The quantitative estimate of drug-likeness (QED) is 0.381. The van der Waals surface area contributed by atoms with Crippen molar-refractivity contribution in [2.75, 3.05) is 45.9 Å². The number of morpholine rings is 1. The van der Waals surface area contributed by atoms with Gasteiger partial charge in [0.15, 0.2) is 0 Å². The Bertz CT molecular complexity index is 1190. The molecule has 218 valence electrons. The summed E-state index contributed by atoms with van der Waals surface area (Å²) in [6.45, 7) is 7.66. The van der Waals surface area contributed by atoms with E-state index in [2.05, 4.69) is 10.2 Å². The maximum absolute atomic E-state index is 13.5. The number of benzene rings is 2. The summed E-state index contributed by atoms with van der Waals surface area (Å²) in [5, 5.41) is 3.25. The first kappa shape index (κ1) is 30.1. The highest BCUT2D eigenvalue weighted by atomic mass is 19.4. The second kappa shape index (κ2) is 12.3. The van der Waals surface area contributed by atoms with E-state index in [1.807, 2.05) is 44.2 Å². The molecule has 0 radical (unpaired) electrons. The van der Waals surface area contributed by atoms with E-state index in [0.29, 0.717) is 51.3 Å². The number of nitrogens with zero attached hydrogens (tertiary/aromatic N) is 2. The van der Waals surface area contributed by atoms with Gasteiger partial charge in [-0.1, -0.05) is 30.4 Å². The number of carbonyl (C=O) groups is 1. The lowest BCUT2D eigenvalue weighted by Crippen LogP contribution is -2.56. The highest BCUT2D eigenvalue weighted by Crippen LogP contribution is 2.37. The number of amides is 1. The number of nitrogens with one attached hydrogen (secondary N) is 1. The summed E-state index contributed by atoms with van der Waals surface area (Å²) >= 11 is 0. The molecule has 0 saturated carbocycles. The smallest absolute Gasteiger partial charge is 0.372 e. The molecule has 1 N–H and O–H groups in total. The third kappa shape index (κ3) is 7.64. The summed E-state index contributed by atoms with van der Waals surface area (Å²) in [6.07, 6.45) is -5.72. The van der Waals surface area contributed by atoms with Gasteiger partial charge < -0.3 is 15.0 Å². The number of hydrogen-bond acceptors (Lipinski definition) is 4. The maximum atomic E-state index is 13.5. The SMILES string of the molecule is Cc1ccc(C[C@@H]2CN(CC=C[C@H]3CNCCO3)CCN2C(=O)c2cc(C(F)(F)F)cc(C(F)(F)F)c2)cc1C. The maximum Gasteiger partial charge on any atom is 0.416 e. The molecule has 2 aromatic rings. The van der Waals surface area contributed by atoms with E-state index in [4.69, 9.17) is 4.74 Å². The molecule has 0 aliphatic carbocycles. The average molecular weight is 570 g/mol. The zero-order chi connectivity index (χ0) is 29.1. The predicted octanol–water partition coefficient (Wildman–Crippen LogP) is 5.25. The summed E-state index contributed by atoms with van der Waals surface area (Å²) < 4.78 is 86.4. The first-order valence-corrected chi connectivity index (χ1v) is 13.2. The molecule has 0 unspecified atom stereocenters. The number of carbonyl (C=O) groups excluding carboxylic acids is 1. The number of piperazine rings is 1. The van der Waals surface area contributed by atoms with Crippen molar-refractivity contribution in [2.45, 2.75) is 44.8 Å². The Hall–Kier alpha value is -2.89. The second-order valence-electron chi connectivity index (χ2n) is 10.4. The third-order valence-corrected chi connectivity index (χ3v) is 7.38. The van der Waals surface area contributed by atoms with Crippen molar-refractivity contribution in [1.82, 2.24) is 15.1 Å². The molecule has 2 aliphatic heterocycles. The molecule has 11 heteroatoms. The van der Waals surface area contributed by atoms with Gasteiger partial charge >= 0.3 is 12.4 Å². The zero-order valence-electron chi connectivity index (χ0n) is 22.4. The summed E-state index contributed by atoms with van der Waals surface area (Å²) in [4.78, 5) is 17.1. The van der Waals surface area contributed by atoms with E-state index in [1.165, 1.54) is 4.90 Å². The minimum Gasteiger partial charge on any atom is -0.372 e. The van der Waals surface area contributed by atoms with Gasteiger partial charge in [0.1, 0.15) is 0 Å². The molecule has 0 spiro atoms. The number of ether oxygens (including phenoxy) is 1. The van der Waals surface area contributed by atoms with Crippen LogP contribution in [0.3, 0.4) is 0 Å². The minimum absolute atomic E-state index is 0.0355. The van der Waals surface area contributed by atoms with Crippen LogP contribution in [0, 0.1) is 13.8 Å². The van der Waals surface area contributed by atoms with Crippen molar-refractivity contribution < 1.29 is 35.9 Å². The van der Waals surface area contributed by atoms with Gasteiger partial charge in [0.05, 0.1) is 23.8 Å². The molecule has 2 atom stereocenters. The van der Waals surface area contributed by atoms with Crippen LogP contribution in [0.2, 0.25) is 0 Å². The van der Waals surface area contributed by atoms with E-state index in [1.54, 1.807) is 0 Å². The molecule has 4 rings (SSSR count). The normalized spacial score (nSPS) is 21.2. The third-order valence-electron chi connectivity index (χ3n) is 7.38. The van der Waals surface area contributed by atoms with Crippen LogP contribution in [0.1, 0.15) is 38.2 Å². The van der Waals surface area contributed by atoms with Gasteiger partial charge in [-0.05, 0) is 55.2 Å². The molecule has 2 aliphatic rings. The van der Waals surface area contributed by atoms with Crippen molar-refractivity contribution >= 4 is 5.91 Å². The molecule has 2 fully saturated rings. The van der Waals surface area contributed by atoms with Gasteiger partial charge in [-0.3, -0.25) is 9.69 Å². The molecule has 0 bridgehead atoms. The van der Waals surface area contributed by atoms with Crippen molar-refractivity contribution in [2.24, 2.45) is 0 Å². The minimum atomic E-state index is -5.03. The van der Waals surface area contributed by atoms with Gasteiger partial charge in [0.25, 0.3) is 5.91 Å². The molecule has 2 aromatic carbocycles.